The van der Waals surface area contributed by atoms with Crippen molar-refractivity contribution >= 4 is 5.91 Å². The number of hydrogen-bond donors (Lipinski definition) is 3. The smallest absolute Gasteiger partial charge is 0.226 e. The number of carbonyl (C=O) groups is 1. The van der Waals surface area contributed by atoms with Gasteiger partial charge in [-0.15, -0.1) is 5.92 Å². The van der Waals surface area contributed by atoms with Crippen LogP contribution in [0.25, 0.3) is 0 Å². The van der Waals surface area contributed by atoms with E-state index in [1.54, 1.807) is 52.0 Å². The molecule has 0 fully saturated rings. The Kier molecular flexibility index (Phi) is 12.3. The van der Waals surface area contributed by atoms with Gasteiger partial charge in [0.1, 0.15) is 0 Å². The van der Waals surface area contributed by atoms with Gasteiger partial charge in [0.2, 0.25) is 5.91 Å². The minimum Gasteiger partial charge on any atom is -0.389 e. The maximum absolute atomic E-state index is 11.4. The van der Waals surface area contributed by atoms with E-state index in [-0.39, 0.29) is 0 Å². The van der Waals surface area contributed by atoms with E-state index in [1.807, 2.05) is 43.4 Å². The molecule has 2 atom stereocenters. The Morgan fingerprint density at radius 2 is 1.79 bits per heavy atom. The highest BCUT2D eigenvalue weighted by Gasteiger charge is 2.34. The van der Waals surface area contributed by atoms with Crippen molar-refractivity contribution < 1.29 is 15.0 Å². The molecule has 0 spiro atoms. The van der Waals surface area contributed by atoms with Gasteiger partial charge in [-0.25, -0.2) is 0 Å². The van der Waals surface area contributed by atoms with Gasteiger partial charge in [-0.2, -0.15) is 0 Å². The Hall–Kier alpha value is -2.61. The molecule has 0 aliphatic heterocycles. The molecule has 1 amide bonds. The van der Waals surface area contributed by atoms with Crippen LogP contribution in [0, 0.1) is 17.3 Å². The summed E-state index contributed by atoms with van der Waals surface area (Å²) in [5.74, 6) is 5.04. The molecule has 0 rings (SSSR count). The molecule has 0 aliphatic carbocycles. The molecule has 28 heavy (non-hydrogen) atoms. The second kappa shape index (κ2) is 13.5. The monoisotopic (exact) mass is 383 g/mol. The van der Waals surface area contributed by atoms with Gasteiger partial charge in [0.15, 0.2) is 0 Å². The van der Waals surface area contributed by atoms with Crippen molar-refractivity contribution in [1.82, 2.24) is 0 Å². The fourth-order valence-electron chi connectivity index (χ4n) is 2.18. The summed E-state index contributed by atoms with van der Waals surface area (Å²) < 4.78 is 0. The molecule has 4 heteroatoms. The summed E-state index contributed by atoms with van der Waals surface area (Å²) >= 11 is 0. The molecule has 2 unspecified atom stereocenters. The summed E-state index contributed by atoms with van der Waals surface area (Å²) in [5, 5.41) is 20.2. The molecule has 0 saturated carbocycles. The van der Waals surface area contributed by atoms with E-state index in [9.17, 15) is 15.0 Å². The maximum atomic E-state index is 11.4. The number of primary amides is 1. The SMILES string of the molecule is CC#CC=CC=CCC(O)C=C(C)C=CC=CC=C(C)C(O)C(C)(C)C(N)=O. The molecular formula is C24H33NO3. The first kappa shape index (κ1) is 25.4. The Labute approximate surface area is 169 Å². The average molecular weight is 384 g/mol. The van der Waals surface area contributed by atoms with E-state index in [4.69, 9.17) is 5.73 Å². The third-order valence-electron chi connectivity index (χ3n) is 4.09. The van der Waals surface area contributed by atoms with Gasteiger partial charge in [-0.3, -0.25) is 4.79 Å². The first-order valence-corrected chi connectivity index (χ1v) is 9.22. The van der Waals surface area contributed by atoms with Crippen LogP contribution in [-0.4, -0.2) is 28.3 Å². The minimum atomic E-state index is -1.02. The van der Waals surface area contributed by atoms with Crippen molar-refractivity contribution in [2.75, 3.05) is 0 Å². The lowest BCUT2D eigenvalue weighted by Crippen LogP contribution is -2.42. The number of rotatable bonds is 10. The summed E-state index contributed by atoms with van der Waals surface area (Å²) in [5.41, 5.74) is 5.89. The number of nitrogens with two attached hydrogens (primary N) is 1. The van der Waals surface area contributed by atoms with Gasteiger partial charge in [-0.1, -0.05) is 66.2 Å². The Balaban J connectivity index is 4.64. The second-order valence-corrected chi connectivity index (χ2v) is 7.04. The van der Waals surface area contributed by atoms with Crippen LogP contribution in [0.2, 0.25) is 0 Å². The fourth-order valence-corrected chi connectivity index (χ4v) is 2.18. The first-order chi connectivity index (χ1) is 13.1. The molecule has 0 aliphatic rings. The minimum absolute atomic E-state index is 0.528. The Bertz CT molecular complexity index is 738. The molecule has 0 bridgehead atoms. The van der Waals surface area contributed by atoms with E-state index in [0.29, 0.717) is 12.0 Å². The Morgan fingerprint density at radius 3 is 2.39 bits per heavy atom. The summed E-state index contributed by atoms with van der Waals surface area (Å²) in [6.45, 7) is 8.67. The predicted molar refractivity (Wildman–Crippen MR) is 117 cm³/mol. The molecule has 0 radical (unpaired) electrons. The van der Waals surface area contributed by atoms with E-state index >= 15 is 0 Å². The van der Waals surface area contributed by atoms with Gasteiger partial charge in [0, 0.05) is 0 Å². The highest BCUT2D eigenvalue weighted by molar-refractivity contribution is 5.81. The van der Waals surface area contributed by atoms with Crippen molar-refractivity contribution in [1.29, 1.82) is 0 Å². The molecule has 0 saturated heterocycles. The molecule has 0 aromatic rings. The number of aliphatic hydroxyl groups excluding tert-OH is 2. The normalized spacial score (nSPS) is 16.1. The van der Waals surface area contributed by atoms with Crippen LogP contribution in [-0.2, 0) is 4.79 Å². The Morgan fingerprint density at radius 1 is 1.11 bits per heavy atom. The topological polar surface area (TPSA) is 83.6 Å². The predicted octanol–water partition coefficient (Wildman–Crippen LogP) is 3.75. The van der Waals surface area contributed by atoms with Gasteiger partial charge in [-0.05, 0) is 52.7 Å². The molecule has 0 aromatic heterocycles. The second-order valence-electron chi connectivity index (χ2n) is 7.04. The van der Waals surface area contributed by atoms with Crippen LogP contribution in [0.15, 0.2) is 71.9 Å². The lowest BCUT2D eigenvalue weighted by atomic mass is 9.82. The van der Waals surface area contributed by atoms with Crippen molar-refractivity contribution in [2.24, 2.45) is 11.1 Å². The molecule has 4 nitrogen and oxygen atoms in total. The van der Waals surface area contributed by atoms with E-state index in [2.05, 4.69) is 11.8 Å². The van der Waals surface area contributed by atoms with Gasteiger partial charge >= 0.3 is 0 Å². The van der Waals surface area contributed by atoms with Gasteiger partial charge in [0.25, 0.3) is 0 Å². The zero-order valence-electron chi connectivity index (χ0n) is 17.5. The summed E-state index contributed by atoms with van der Waals surface area (Å²) in [4.78, 5) is 11.4. The summed E-state index contributed by atoms with van der Waals surface area (Å²) in [6, 6.07) is 0. The molecule has 0 heterocycles. The molecule has 152 valence electrons. The van der Waals surface area contributed by atoms with E-state index in [0.717, 1.165) is 5.57 Å². The molecule has 4 N–H and O–H groups in total. The highest BCUT2D eigenvalue weighted by Crippen LogP contribution is 2.25. The quantitative estimate of drug-likeness (QED) is 0.397. The fraction of sp³-hybridized carbons (Fsp3) is 0.375. The number of aliphatic hydroxyl groups is 2. The van der Waals surface area contributed by atoms with Crippen molar-refractivity contribution in [3.63, 3.8) is 0 Å². The van der Waals surface area contributed by atoms with Crippen molar-refractivity contribution in [3.8, 4) is 11.8 Å². The molecule has 0 aromatic carbocycles. The van der Waals surface area contributed by atoms with Gasteiger partial charge in [0.05, 0.1) is 17.6 Å². The summed E-state index contributed by atoms with van der Waals surface area (Å²) in [6.07, 6.45) is 17.2. The lowest BCUT2D eigenvalue weighted by Gasteiger charge is -2.27. The zero-order valence-corrected chi connectivity index (χ0v) is 17.5. The number of amides is 1. The van der Waals surface area contributed by atoms with Crippen LogP contribution in [0.1, 0.15) is 41.0 Å². The van der Waals surface area contributed by atoms with Crippen molar-refractivity contribution in [3.05, 3.63) is 71.9 Å². The van der Waals surface area contributed by atoms with E-state index in [1.165, 1.54) is 0 Å². The zero-order chi connectivity index (χ0) is 21.6. The van der Waals surface area contributed by atoms with E-state index < -0.39 is 23.5 Å². The maximum Gasteiger partial charge on any atom is 0.226 e. The number of allylic oxidation sites excluding steroid dienone is 9. The van der Waals surface area contributed by atoms with Crippen molar-refractivity contribution in [2.45, 2.75) is 53.2 Å². The molecular weight excluding hydrogens is 350 g/mol. The average Bonchev–Trinajstić information content (AvgIpc) is 2.63. The van der Waals surface area contributed by atoms with Crippen LogP contribution in [0.5, 0.6) is 0 Å². The number of carbonyl (C=O) groups excluding carboxylic acids is 1. The highest BCUT2D eigenvalue weighted by atomic mass is 16.3. The van der Waals surface area contributed by atoms with Crippen LogP contribution in [0.3, 0.4) is 0 Å². The third-order valence-corrected chi connectivity index (χ3v) is 4.09. The lowest BCUT2D eigenvalue weighted by molar-refractivity contribution is -0.130. The summed E-state index contributed by atoms with van der Waals surface area (Å²) in [7, 11) is 0. The third kappa shape index (κ3) is 10.5. The van der Waals surface area contributed by atoms with Crippen LogP contribution >= 0.6 is 0 Å². The largest absolute Gasteiger partial charge is 0.389 e. The van der Waals surface area contributed by atoms with Crippen LogP contribution < -0.4 is 5.73 Å². The standard InChI is InChI=1S/C24H33NO3/c1-6-7-8-9-10-14-17-21(26)18-19(2)15-12-11-13-16-20(3)22(27)24(4,5)23(25)28/h8-16,18,21-22,26-27H,17H2,1-5H3,(H2,25,28). The van der Waals surface area contributed by atoms with Crippen LogP contribution in [0.4, 0.5) is 0 Å². The number of hydrogen-bond acceptors (Lipinski definition) is 3. The van der Waals surface area contributed by atoms with Gasteiger partial charge < -0.3 is 15.9 Å². The first-order valence-electron chi connectivity index (χ1n) is 9.22.